The zero-order valence-electron chi connectivity index (χ0n) is 11.1. The van der Waals surface area contributed by atoms with E-state index < -0.39 is 0 Å². The van der Waals surface area contributed by atoms with Crippen LogP contribution in [0.25, 0.3) is 0 Å². The van der Waals surface area contributed by atoms with Crippen LogP contribution in [0.1, 0.15) is 59.3 Å². The van der Waals surface area contributed by atoms with Crippen LogP contribution in [0.15, 0.2) is 0 Å². The zero-order valence-corrected chi connectivity index (χ0v) is 11.1. The quantitative estimate of drug-likeness (QED) is 0.779. The summed E-state index contributed by atoms with van der Waals surface area (Å²) in [6.07, 6.45) is 8.37. The van der Waals surface area contributed by atoms with Gasteiger partial charge in [0.15, 0.2) is 0 Å². The maximum absolute atomic E-state index is 5.61. The second kappa shape index (κ2) is 5.05. The lowest BCUT2D eigenvalue weighted by atomic mass is 9.73. The Kier molecular flexibility index (Phi) is 3.91. The second-order valence-electron chi connectivity index (χ2n) is 6.36. The Morgan fingerprint density at radius 2 is 2.00 bits per heavy atom. The van der Waals surface area contributed by atoms with Crippen LogP contribution in [0.5, 0.6) is 0 Å². The van der Waals surface area contributed by atoms with E-state index in [0.29, 0.717) is 17.6 Å². The minimum atomic E-state index is 0.443. The molecule has 2 rings (SSSR count). The largest absolute Gasteiger partial charge is 0.378 e. The average molecular weight is 225 g/mol. The molecule has 0 radical (unpaired) electrons. The van der Waals surface area contributed by atoms with Crippen molar-refractivity contribution in [3.05, 3.63) is 0 Å². The van der Waals surface area contributed by atoms with Gasteiger partial charge in [-0.15, -0.1) is 0 Å². The number of hydrogen-bond donors (Lipinski definition) is 1. The van der Waals surface area contributed by atoms with Crippen molar-refractivity contribution >= 4 is 0 Å². The first-order valence-corrected chi connectivity index (χ1v) is 6.95. The van der Waals surface area contributed by atoms with Gasteiger partial charge in [-0.2, -0.15) is 0 Å². The van der Waals surface area contributed by atoms with Crippen LogP contribution in [0.4, 0.5) is 0 Å². The number of rotatable bonds is 2. The molecular weight excluding hydrogens is 198 g/mol. The minimum absolute atomic E-state index is 0.443. The summed E-state index contributed by atoms with van der Waals surface area (Å²) in [5.41, 5.74) is 0.486. The normalized spacial score (nSPS) is 39.6. The average Bonchev–Trinajstić information content (AvgIpc) is 2.21. The Morgan fingerprint density at radius 3 is 2.69 bits per heavy atom. The van der Waals surface area contributed by atoms with Crippen molar-refractivity contribution in [2.24, 2.45) is 5.41 Å². The molecule has 0 aromatic rings. The van der Waals surface area contributed by atoms with Crippen LogP contribution in [-0.2, 0) is 4.74 Å². The maximum atomic E-state index is 5.61. The fourth-order valence-corrected chi connectivity index (χ4v) is 3.24. The summed E-state index contributed by atoms with van der Waals surface area (Å²) in [6.45, 7) is 7.98. The standard InChI is InChI=1S/C14H27NO/c1-11-10-12(7-9-16-11)15-13-6-4-5-8-14(13,2)3/h11-13,15H,4-10H2,1-3H3. The zero-order chi connectivity index (χ0) is 11.6. The van der Waals surface area contributed by atoms with Gasteiger partial charge in [-0.1, -0.05) is 26.7 Å². The molecule has 0 bridgehead atoms. The van der Waals surface area contributed by atoms with Gasteiger partial charge in [0.1, 0.15) is 0 Å². The summed E-state index contributed by atoms with van der Waals surface area (Å²) < 4.78 is 5.61. The van der Waals surface area contributed by atoms with E-state index in [-0.39, 0.29) is 0 Å². The van der Waals surface area contributed by atoms with Crippen LogP contribution < -0.4 is 5.32 Å². The molecule has 1 saturated heterocycles. The van der Waals surface area contributed by atoms with Gasteiger partial charge in [0, 0.05) is 18.7 Å². The molecule has 0 aromatic carbocycles. The minimum Gasteiger partial charge on any atom is -0.378 e. The summed E-state index contributed by atoms with van der Waals surface area (Å²) in [6, 6.07) is 1.41. The molecule has 2 fully saturated rings. The lowest BCUT2D eigenvalue weighted by molar-refractivity contribution is 0.00501. The van der Waals surface area contributed by atoms with Crippen LogP contribution in [0.2, 0.25) is 0 Å². The SMILES string of the molecule is CC1CC(NC2CCCCC2(C)C)CCO1. The fraction of sp³-hybridized carbons (Fsp3) is 1.00. The highest BCUT2D eigenvalue weighted by Crippen LogP contribution is 2.36. The van der Waals surface area contributed by atoms with Crippen molar-refractivity contribution in [2.45, 2.75) is 77.5 Å². The van der Waals surface area contributed by atoms with Gasteiger partial charge in [-0.3, -0.25) is 0 Å². The summed E-state index contributed by atoms with van der Waals surface area (Å²) >= 11 is 0. The Bertz CT molecular complexity index is 227. The summed E-state index contributed by atoms with van der Waals surface area (Å²) in [7, 11) is 0. The van der Waals surface area contributed by atoms with E-state index in [9.17, 15) is 0 Å². The van der Waals surface area contributed by atoms with E-state index >= 15 is 0 Å². The monoisotopic (exact) mass is 225 g/mol. The fourth-order valence-electron chi connectivity index (χ4n) is 3.24. The van der Waals surface area contributed by atoms with Gasteiger partial charge in [0.2, 0.25) is 0 Å². The molecular formula is C14H27NO. The van der Waals surface area contributed by atoms with Crippen molar-refractivity contribution in [1.29, 1.82) is 0 Å². The molecule has 0 spiro atoms. The third kappa shape index (κ3) is 2.98. The first kappa shape index (κ1) is 12.4. The molecule has 16 heavy (non-hydrogen) atoms. The molecule has 3 atom stereocenters. The third-order valence-electron chi connectivity index (χ3n) is 4.43. The third-order valence-corrected chi connectivity index (χ3v) is 4.43. The predicted molar refractivity (Wildman–Crippen MR) is 67.6 cm³/mol. The van der Waals surface area contributed by atoms with E-state index in [0.717, 1.165) is 12.6 Å². The van der Waals surface area contributed by atoms with Crippen molar-refractivity contribution < 1.29 is 4.74 Å². The molecule has 1 aliphatic carbocycles. The Morgan fingerprint density at radius 1 is 1.19 bits per heavy atom. The summed E-state index contributed by atoms with van der Waals surface area (Å²) in [4.78, 5) is 0. The van der Waals surface area contributed by atoms with Crippen molar-refractivity contribution in [3.8, 4) is 0 Å². The van der Waals surface area contributed by atoms with E-state index in [4.69, 9.17) is 4.74 Å². The predicted octanol–water partition coefficient (Wildman–Crippen LogP) is 3.11. The van der Waals surface area contributed by atoms with E-state index in [1.807, 2.05) is 0 Å². The Balaban J connectivity index is 1.87. The second-order valence-corrected chi connectivity index (χ2v) is 6.36. The van der Waals surface area contributed by atoms with E-state index in [2.05, 4.69) is 26.1 Å². The van der Waals surface area contributed by atoms with Gasteiger partial charge in [0.25, 0.3) is 0 Å². The molecule has 0 aromatic heterocycles. The van der Waals surface area contributed by atoms with Crippen molar-refractivity contribution in [1.82, 2.24) is 5.32 Å². The molecule has 3 unspecified atom stereocenters. The van der Waals surface area contributed by atoms with Crippen molar-refractivity contribution in [3.63, 3.8) is 0 Å². The number of hydrogen-bond acceptors (Lipinski definition) is 2. The van der Waals surface area contributed by atoms with Crippen molar-refractivity contribution in [2.75, 3.05) is 6.61 Å². The maximum Gasteiger partial charge on any atom is 0.0561 e. The number of ether oxygens (including phenoxy) is 1. The van der Waals surface area contributed by atoms with Gasteiger partial charge in [-0.05, 0) is 38.0 Å². The molecule has 1 aliphatic heterocycles. The van der Waals surface area contributed by atoms with Gasteiger partial charge >= 0.3 is 0 Å². The number of nitrogens with one attached hydrogen (secondary N) is 1. The Labute approximate surface area is 100 Å². The van der Waals surface area contributed by atoms with Crippen LogP contribution in [0.3, 0.4) is 0 Å². The van der Waals surface area contributed by atoms with Crippen LogP contribution in [0, 0.1) is 5.41 Å². The van der Waals surface area contributed by atoms with Crippen LogP contribution in [-0.4, -0.2) is 24.8 Å². The first-order chi connectivity index (χ1) is 7.58. The highest BCUT2D eigenvalue weighted by molar-refractivity contribution is 4.90. The van der Waals surface area contributed by atoms with Crippen LogP contribution >= 0.6 is 0 Å². The summed E-state index contributed by atoms with van der Waals surface area (Å²) in [5, 5.41) is 3.90. The summed E-state index contributed by atoms with van der Waals surface area (Å²) in [5.74, 6) is 0. The molecule has 1 saturated carbocycles. The first-order valence-electron chi connectivity index (χ1n) is 6.95. The van der Waals surface area contributed by atoms with Gasteiger partial charge in [0.05, 0.1) is 6.10 Å². The highest BCUT2D eigenvalue weighted by atomic mass is 16.5. The lowest BCUT2D eigenvalue weighted by Crippen LogP contribution is -2.50. The van der Waals surface area contributed by atoms with Gasteiger partial charge in [-0.25, -0.2) is 0 Å². The smallest absolute Gasteiger partial charge is 0.0561 e. The lowest BCUT2D eigenvalue weighted by Gasteiger charge is -2.42. The molecule has 0 amide bonds. The molecule has 94 valence electrons. The topological polar surface area (TPSA) is 21.3 Å². The highest BCUT2D eigenvalue weighted by Gasteiger charge is 2.34. The molecule has 2 nitrogen and oxygen atoms in total. The van der Waals surface area contributed by atoms with E-state index in [1.54, 1.807) is 0 Å². The van der Waals surface area contributed by atoms with E-state index in [1.165, 1.54) is 38.5 Å². The molecule has 2 aliphatic rings. The Hall–Kier alpha value is -0.0800. The van der Waals surface area contributed by atoms with Gasteiger partial charge < -0.3 is 10.1 Å². The molecule has 2 heteroatoms. The molecule has 1 N–H and O–H groups in total. The molecule has 1 heterocycles.